The van der Waals surface area contributed by atoms with Crippen LogP contribution >= 0.6 is 0 Å². The molecule has 1 aromatic heterocycles. The molecular formula is C37H40N4O10. The maximum Gasteiger partial charge on any atom is 0.439 e. The number of nitrogens with one attached hydrogen (secondary N) is 2. The number of amides is 2. The lowest BCUT2D eigenvalue weighted by Gasteiger charge is -2.34. The van der Waals surface area contributed by atoms with Crippen molar-refractivity contribution in [3.63, 3.8) is 0 Å². The van der Waals surface area contributed by atoms with E-state index in [1.165, 1.54) is 6.92 Å². The Bertz CT molecular complexity index is 1800. The SMILES string of the molecule is CC(=O)COCCOc1ccc(C[C@H](NC(=O)c2ccc(-c3noc(=O)[nH]3)cc2)C(=O)N2CCC(OCC(=O)OCc3ccccc3)CC2)cc1. The van der Waals surface area contributed by atoms with Gasteiger partial charge in [-0.2, -0.15) is 0 Å². The predicted octanol–water partition coefficient (Wildman–Crippen LogP) is 3.11. The quantitative estimate of drug-likeness (QED) is 0.122. The van der Waals surface area contributed by atoms with E-state index in [-0.39, 0.29) is 63.1 Å². The van der Waals surface area contributed by atoms with Crippen LogP contribution in [0.5, 0.6) is 5.75 Å². The molecule has 4 aromatic rings. The first-order chi connectivity index (χ1) is 24.7. The second-order valence-electron chi connectivity index (χ2n) is 12.0. The van der Waals surface area contributed by atoms with Crippen LogP contribution in [0.3, 0.4) is 0 Å². The van der Waals surface area contributed by atoms with Gasteiger partial charge in [-0.3, -0.25) is 23.9 Å². The fourth-order valence-electron chi connectivity index (χ4n) is 5.40. The van der Waals surface area contributed by atoms with E-state index in [2.05, 4.69) is 20.0 Å². The number of esters is 1. The minimum atomic E-state index is -0.888. The minimum absolute atomic E-state index is 0.0323. The van der Waals surface area contributed by atoms with E-state index in [0.29, 0.717) is 42.8 Å². The number of Topliss-reactive ketones (excluding diaryl/α,β-unsaturated/α-hetero) is 1. The summed E-state index contributed by atoms with van der Waals surface area (Å²) in [6.07, 6.45) is 1.04. The van der Waals surface area contributed by atoms with Crippen molar-refractivity contribution in [2.24, 2.45) is 0 Å². The van der Waals surface area contributed by atoms with Gasteiger partial charge in [-0.15, -0.1) is 0 Å². The Balaban J connectivity index is 1.17. The van der Waals surface area contributed by atoms with Gasteiger partial charge in [0, 0.05) is 30.6 Å². The molecule has 2 amide bonds. The van der Waals surface area contributed by atoms with Crippen LogP contribution in [0.1, 0.15) is 41.3 Å². The van der Waals surface area contributed by atoms with Gasteiger partial charge in [0.05, 0.1) is 12.7 Å². The molecule has 0 bridgehead atoms. The van der Waals surface area contributed by atoms with E-state index in [4.69, 9.17) is 18.9 Å². The van der Waals surface area contributed by atoms with Gasteiger partial charge in [0.1, 0.15) is 38.2 Å². The van der Waals surface area contributed by atoms with Crippen molar-refractivity contribution in [1.82, 2.24) is 20.4 Å². The smallest absolute Gasteiger partial charge is 0.439 e. The van der Waals surface area contributed by atoms with Crippen molar-refractivity contribution >= 4 is 23.6 Å². The molecule has 1 fully saturated rings. The molecule has 2 N–H and O–H groups in total. The summed E-state index contributed by atoms with van der Waals surface area (Å²) < 4.78 is 26.6. The third kappa shape index (κ3) is 11.5. The number of nitrogens with zero attached hydrogens (tertiary/aromatic N) is 2. The Morgan fingerprint density at radius 1 is 0.922 bits per heavy atom. The molecule has 1 aliphatic rings. The topological polar surface area (TPSA) is 179 Å². The van der Waals surface area contributed by atoms with Crippen LogP contribution in [0.15, 0.2) is 88.2 Å². The number of hydrogen-bond donors (Lipinski definition) is 2. The molecular weight excluding hydrogens is 660 g/mol. The highest BCUT2D eigenvalue weighted by Gasteiger charge is 2.30. The standard InChI is InChI=1S/C37H40N4O10/c1-25(42)22-47-19-20-48-30-13-7-26(8-14-30)21-32(38-35(44)29-11-9-28(10-12-29)34-39-37(46)51-40-34)36(45)41-17-15-31(16-18-41)49-24-33(43)50-23-27-5-3-2-4-6-27/h2-14,31-32H,15-24H2,1H3,(H,38,44)(H,39,40,46)/t32-/m0/s1. The molecule has 0 aliphatic carbocycles. The van der Waals surface area contributed by atoms with Crippen LogP contribution < -0.4 is 15.8 Å². The zero-order valence-corrected chi connectivity index (χ0v) is 28.2. The normalized spacial score (nSPS) is 13.7. The summed E-state index contributed by atoms with van der Waals surface area (Å²) in [5.74, 6) is -1.09. The number of hydrogen-bond acceptors (Lipinski definition) is 11. The molecule has 0 spiro atoms. The van der Waals surface area contributed by atoms with Crippen LogP contribution in [0.25, 0.3) is 11.4 Å². The third-order valence-corrected chi connectivity index (χ3v) is 8.06. The van der Waals surface area contributed by atoms with Crippen molar-refractivity contribution < 1.29 is 42.6 Å². The highest BCUT2D eigenvalue weighted by molar-refractivity contribution is 5.98. The van der Waals surface area contributed by atoms with Crippen LogP contribution in [0.4, 0.5) is 0 Å². The maximum absolute atomic E-state index is 13.9. The van der Waals surface area contributed by atoms with E-state index in [9.17, 15) is 24.0 Å². The molecule has 1 saturated heterocycles. The Morgan fingerprint density at radius 2 is 1.65 bits per heavy atom. The van der Waals surface area contributed by atoms with Gasteiger partial charge < -0.3 is 29.2 Å². The second kappa shape index (κ2) is 18.4. The summed E-state index contributed by atoms with van der Waals surface area (Å²) in [6, 6.07) is 22.0. The van der Waals surface area contributed by atoms with E-state index < -0.39 is 23.7 Å². The summed E-state index contributed by atoms with van der Waals surface area (Å²) in [4.78, 5) is 66.1. The first-order valence-electron chi connectivity index (χ1n) is 16.6. The summed E-state index contributed by atoms with van der Waals surface area (Å²) in [6.45, 7) is 2.78. The number of aromatic nitrogens is 2. The number of ketones is 1. The number of benzene rings is 3. The number of ether oxygens (including phenoxy) is 4. The minimum Gasteiger partial charge on any atom is -0.491 e. The highest BCUT2D eigenvalue weighted by Crippen LogP contribution is 2.19. The van der Waals surface area contributed by atoms with Gasteiger partial charge in [-0.25, -0.2) is 9.59 Å². The Hall–Kier alpha value is -5.60. The van der Waals surface area contributed by atoms with Crippen molar-refractivity contribution in [1.29, 1.82) is 0 Å². The summed E-state index contributed by atoms with van der Waals surface area (Å²) in [7, 11) is 0. The summed E-state index contributed by atoms with van der Waals surface area (Å²) in [5, 5.41) is 6.56. The monoisotopic (exact) mass is 700 g/mol. The Labute approximate surface area is 294 Å². The van der Waals surface area contributed by atoms with Gasteiger partial charge >= 0.3 is 11.7 Å². The van der Waals surface area contributed by atoms with Crippen LogP contribution in [0, 0.1) is 0 Å². The molecule has 5 rings (SSSR count). The molecule has 2 heterocycles. The number of rotatable bonds is 17. The zero-order chi connectivity index (χ0) is 36.0. The molecule has 0 saturated carbocycles. The molecule has 14 nitrogen and oxygen atoms in total. The van der Waals surface area contributed by atoms with E-state index in [1.807, 2.05) is 42.5 Å². The zero-order valence-electron chi connectivity index (χ0n) is 28.2. The van der Waals surface area contributed by atoms with Crippen LogP contribution in [-0.4, -0.2) is 90.3 Å². The fraction of sp³-hybridized carbons (Fsp3) is 0.351. The fourth-order valence-corrected chi connectivity index (χ4v) is 5.40. The van der Waals surface area contributed by atoms with Gasteiger partial charge in [-0.05, 0) is 55.2 Å². The van der Waals surface area contributed by atoms with Gasteiger partial charge in [-0.1, -0.05) is 59.8 Å². The first kappa shape index (κ1) is 36.7. The van der Waals surface area contributed by atoms with Crippen molar-refractivity contribution in [3.8, 4) is 17.1 Å². The number of aromatic amines is 1. The molecule has 0 unspecified atom stereocenters. The lowest BCUT2D eigenvalue weighted by atomic mass is 10.0. The number of piperidine rings is 1. The van der Waals surface area contributed by atoms with Crippen molar-refractivity contribution in [2.45, 2.75) is 44.9 Å². The van der Waals surface area contributed by atoms with E-state index in [1.54, 1.807) is 41.3 Å². The molecule has 3 aromatic carbocycles. The summed E-state index contributed by atoms with van der Waals surface area (Å²) >= 11 is 0. The molecule has 14 heteroatoms. The van der Waals surface area contributed by atoms with E-state index in [0.717, 1.165) is 11.1 Å². The molecule has 51 heavy (non-hydrogen) atoms. The number of carbonyl (C=O) groups excluding carboxylic acids is 4. The predicted molar refractivity (Wildman–Crippen MR) is 183 cm³/mol. The van der Waals surface area contributed by atoms with Crippen LogP contribution in [-0.2, 0) is 41.6 Å². The first-order valence-corrected chi connectivity index (χ1v) is 16.6. The average Bonchev–Trinajstić information content (AvgIpc) is 3.59. The Morgan fingerprint density at radius 3 is 2.31 bits per heavy atom. The number of H-pyrrole nitrogens is 1. The summed E-state index contributed by atoms with van der Waals surface area (Å²) in [5.41, 5.74) is 2.54. The lowest BCUT2D eigenvalue weighted by Crippen LogP contribution is -2.52. The molecule has 0 radical (unpaired) electrons. The average molecular weight is 701 g/mol. The maximum atomic E-state index is 13.9. The third-order valence-electron chi connectivity index (χ3n) is 8.06. The lowest BCUT2D eigenvalue weighted by molar-refractivity contribution is -0.154. The highest BCUT2D eigenvalue weighted by atomic mass is 16.6. The molecule has 268 valence electrons. The molecule has 1 atom stereocenters. The van der Waals surface area contributed by atoms with Crippen molar-refractivity contribution in [3.05, 3.63) is 106 Å². The van der Waals surface area contributed by atoms with E-state index >= 15 is 0 Å². The second-order valence-corrected chi connectivity index (χ2v) is 12.0. The number of carbonyl (C=O) groups is 4. The van der Waals surface area contributed by atoms with Gasteiger partial charge in [0.25, 0.3) is 5.91 Å². The number of likely N-dealkylation sites (tertiary alicyclic amines) is 1. The van der Waals surface area contributed by atoms with Gasteiger partial charge in [0.2, 0.25) is 5.91 Å². The van der Waals surface area contributed by atoms with Crippen molar-refractivity contribution in [2.75, 3.05) is 39.5 Å². The van der Waals surface area contributed by atoms with Gasteiger partial charge in [0.15, 0.2) is 11.6 Å². The molecule has 1 aliphatic heterocycles. The largest absolute Gasteiger partial charge is 0.491 e. The Kier molecular flexibility index (Phi) is 13.2. The van der Waals surface area contributed by atoms with Crippen LogP contribution in [0.2, 0.25) is 0 Å².